The Morgan fingerprint density at radius 3 is 2.52 bits per heavy atom. The standard InChI is InChI=1S/C20H28N2O3/c1-20(2,3)22-13-18(24)14-9-10-17(23)16(11-14)21-12-15-7-5-6-8-19(15)25-4/h5-11,18,21-24H,12-13H2,1-4H3. The van der Waals surface area contributed by atoms with Gasteiger partial charge in [-0.05, 0) is 44.5 Å². The number of phenols is 1. The Bertz CT molecular complexity index is 696. The van der Waals surface area contributed by atoms with Crippen molar-refractivity contribution in [1.82, 2.24) is 5.32 Å². The second-order valence-corrected chi connectivity index (χ2v) is 7.09. The zero-order chi connectivity index (χ0) is 18.4. The topological polar surface area (TPSA) is 73.8 Å². The molecule has 0 aliphatic heterocycles. The van der Waals surface area contributed by atoms with Gasteiger partial charge in [0.15, 0.2) is 0 Å². The van der Waals surface area contributed by atoms with E-state index < -0.39 is 6.10 Å². The molecule has 0 bridgehead atoms. The second kappa shape index (κ2) is 8.23. The monoisotopic (exact) mass is 344 g/mol. The smallest absolute Gasteiger partial charge is 0.138 e. The Balaban J connectivity index is 2.08. The molecule has 0 spiro atoms. The van der Waals surface area contributed by atoms with Crippen LogP contribution in [0.25, 0.3) is 0 Å². The van der Waals surface area contributed by atoms with Gasteiger partial charge in [-0.2, -0.15) is 0 Å². The minimum atomic E-state index is -0.647. The first-order valence-electron chi connectivity index (χ1n) is 8.42. The zero-order valence-electron chi connectivity index (χ0n) is 15.3. The molecule has 5 nitrogen and oxygen atoms in total. The van der Waals surface area contributed by atoms with Gasteiger partial charge in [0.05, 0.1) is 18.9 Å². The zero-order valence-corrected chi connectivity index (χ0v) is 15.3. The second-order valence-electron chi connectivity index (χ2n) is 7.09. The lowest BCUT2D eigenvalue weighted by atomic mass is 10.1. The molecule has 0 aliphatic carbocycles. The van der Waals surface area contributed by atoms with E-state index in [1.54, 1.807) is 25.3 Å². The van der Waals surface area contributed by atoms with Gasteiger partial charge in [0.2, 0.25) is 0 Å². The molecule has 136 valence electrons. The number of hydrogen-bond donors (Lipinski definition) is 4. The number of aliphatic hydroxyl groups excluding tert-OH is 1. The summed E-state index contributed by atoms with van der Waals surface area (Å²) < 4.78 is 5.34. The highest BCUT2D eigenvalue weighted by atomic mass is 16.5. The van der Waals surface area contributed by atoms with Gasteiger partial charge in [-0.15, -0.1) is 0 Å². The number of para-hydroxylation sites is 1. The van der Waals surface area contributed by atoms with Gasteiger partial charge in [-0.3, -0.25) is 0 Å². The Morgan fingerprint density at radius 1 is 1.12 bits per heavy atom. The first kappa shape index (κ1) is 19.1. The van der Waals surface area contributed by atoms with Gasteiger partial charge in [0.1, 0.15) is 11.5 Å². The van der Waals surface area contributed by atoms with Gasteiger partial charge in [-0.25, -0.2) is 0 Å². The molecule has 0 aromatic heterocycles. The van der Waals surface area contributed by atoms with E-state index in [4.69, 9.17) is 4.74 Å². The first-order chi connectivity index (χ1) is 11.8. The summed E-state index contributed by atoms with van der Waals surface area (Å²) in [5.74, 6) is 0.940. The SMILES string of the molecule is COc1ccccc1CNc1cc(C(O)CNC(C)(C)C)ccc1O. The molecule has 0 saturated carbocycles. The lowest BCUT2D eigenvalue weighted by Crippen LogP contribution is -2.38. The molecule has 1 unspecified atom stereocenters. The molecule has 0 fully saturated rings. The highest BCUT2D eigenvalue weighted by molar-refractivity contribution is 5.58. The molecule has 5 heteroatoms. The fourth-order valence-corrected chi connectivity index (χ4v) is 2.46. The minimum Gasteiger partial charge on any atom is -0.506 e. The molecule has 0 saturated heterocycles. The summed E-state index contributed by atoms with van der Waals surface area (Å²) in [7, 11) is 1.63. The number of ether oxygens (including phenoxy) is 1. The number of methoxy groups -OCH3 is 1. The van der Waals surface area contributed by atoms with Crippen molar-refractivity contribution in [1.29, 1.82) is 0 Å². The van der Waals surface area contributed by atoms with Gasteiger partial charge < -0.3 is 25.6 Å². The third-order valence-corrected chi connectivity index (χ3v) is 3.89. The van der Waals surface area contributed by atoms with Crippen molar-refractivity contribution in [3.63, 3.8) is 0 Å². The number of β-amino-alcohol motifs (C(OH)–C–C–N with tert-alkyl or cyclic N) is 1. The molecule has 2 aromatic carbocycles. The van der Waals surface area contributed by atoms with Crippen LogP contribution in [0.3, 0.4) is 0 Å². The Kier molecular flexibility index (Phi) is 6.28. The Labute approximate surface area is 149 Å². The average molecular weight is 344 g/mol. The molecule has 0 radical (unpaired) electrons. The van der Waals surface area contributed by atoms with Crippen molar-refractivity contribution in [2.45, 2.75) is 39.0 Å². The Morgan fingerprint density at radius 2 is 1.84 bits per heavy atom. The maximum Gasteiger partial charge on any atom is 0.138 e. The number of benzene rings is 2. The third-order valence-electron chi connectivity index (χ3n) is 3.89. The molecule has 0 heterocycles. The van der Waals surface area contributed by atoms with Crippen LogP contribution >= 0.6 is 0 Å². The van der Waals surface area contributed by atoms with Crippen LogP contribution in [0.15, 0.2) is 42.5 Å². The molecule has 1 atom stereocenters. The van der Waals surface area contributed by atoms with Crippen LogP contribution < -0.4 is 15.4 Å². The molecule has 4 N–H and O–H groups in total. The number of aromatic hydroxyl groups is 1. The van der Waals surface area contributed by atoms with Crippen molar-refractivity contribution in [3.8, 4) is 11.5 Å². The number of anilines is 1. The van der Waals surface area contributed by atoms with Crippen LogP contribution in [0, 0.1) is 0 Å². The average Bonchev–Trinajstić information content (AvgIpc) is 2.58. The van der Waals surface area contributed by atoms with E-state index in [1.165, 1.54) is 0 Å². The summed E-state index contributed by atoms with van der Waals surface area (Å²) in [5.41, 5.74) is 2.25. The summed E-state index contributed by atoms with van der Waals surface area (Å²) >= 11 is 0. The van der Waals surface area contributed by atoms with Gasteiger partial charge in [-0.1, -0.05) is 24.3 Å². The lowest BCUT2D eigenvalue weighted by Gasteiger charge is -2.23. The lowest BCUT2D eigenvalue weighted by molar-refractivity contribution is 0.163. The molecule has 2 rings (SSSR count). The maximum atomic E-state index is 10.4. The number of rotatable bonds is 7. The van der Waals surface area contributed by atoms with E-state index in [0.717, 1.165) is 16.9 Å². The summed E-state index contributed by atoms with van der Waals surface area (Å²) in [6, 6.07) is 12.8. The van der Waals surface area contributed by atoms with Crippen molar-refractivity contribution in [2.75, 3.05) is 19.0 Å². The van der Waals surface area contributed by atoms with Crippen LogP contribution in [0.5, 0.6) is 11.5 Å². The van der Waals surface area contributed by atoms with Crippen LogP contribution in [0.4, 0.5) is 5.69 Å². The maximum absolute atomic E-state index is 10.4. The van der Waals surface area contributed by atoms with Crippen molar-refractivity contribution >= 4 is 5.69 Å². The molecule has 2 aromatic rings. The van der Waals surface area contributed by atoms with E-state index >= 15 is 0 Å². The number of phenolic OH excluding ortho intramolecular Hbond substituents is 1. The summed E-state index contributed by atoms with van der Waals surface area (Å²) in [5, 5.41) is 27.0. The van der Waals surface area contributed by atoms with Crippen LogP contribution in [0.1, 0.15) is 38.0 Å². The largest absolute Gasteiger partial charge is 0.506 e. The van der Waals surface area contributed by atoms with E-state index in [2.05, 4.69) is 31.4 Å². The van der Waals surface area contributed by atoms with Crippen LogP contribution in [-0.2, 0) is 6.54 Å². The molecular weight excluding hydrogens is 316 g/mol. The summed E-state index contributed by atoms with van der Waals surface area (Å²) in [6.45, 7) is 7.11. The molecular formula is C20H28N2O3. The van der Waals surface area contributed by atoms with Crippen LogP contribution in [-0.4, -0.2) is 29.4 Å². The highest BCUT2D eigenvalue weighted by Gasteiger charge is 2.15. The molecule has 0 amide bonds. The van der Waals surface area contributed by atoms with Gasteiger partial charge in [0.25, 0.3) is 0 Å². The van der Waals surface area contributed by atoms with E-state index in [1.807, 2.05) is 24.3 Å². The van der Waals surface area contributed by atoms with Gasteiger partial charge >= 0.3 is 0 Å². The first-order valence-corrected chi connectivity index (χ1v) is 8.42. The number of aliphatic hydroxyl groups is 1. The van der Waals surface area contributed by atoms with Crippen molar-refractivity contribution in [2.24, 2.45) is 0 Å². The summed E-state index contributed by atoms with van der Waals surface area (Å²) in [4.78, 5) is 0. The summed E-state index contributed by atoms with van der Waals surface area (Å²) in [6.07, 6.45) is -0.647. The predicted octanol–water partition coefficient (Wildman–Crippen LogP) is 3.43. The predicted molar refractivity (Wildman–Crippen MR) is 101 cm³/mol. The fourth-order valence-electron chi connectivity index (χ4n) is 2.46. The number of nitrogens with one attached hydrogen (secondary N) is 2. The van der Waals surface area contributed by atoms with E-state index in [-0.39, 0.29) is 11.3 Å². The highest BCUT2D eigenvalue weighted by Crippen LogP contribution is 2.28. The quantitative estimate of drug-likeness (QED) is 0.579. The number of hydrogen-bond acceptors (Lipinski definition) is 5. The van der Waals surface area contributed by atoms with Crippen molar-refractivity contribution in [3.05, 3.63) is 53.6 Å². The third kappa shape index (κ3) is 5.66. The van der Waals surface area contributed by atoms with Crippen LogP contribution in [0.2, 0.25) is 0 Å². The van der Waals surface area contributed by atoms with E-state index in [0.29, 0.717) is 18.8 Å². The molecule has 25 heavy (non-hydrogen) atoms. The van der Waals surface area contributed by atoms with Crippen molar-refractivity contribution < 1.29 is 14.9 Å². The minimum absolute atomic E-state index is 0.0666. The van der Waals surface area contributed by atoms with E-state index in [9.17, 15) is 10.2 Å². The normalized spacial score (nSPS) is 12.7. The molecule has 0 aliphatic rings. The Hall–Kier alpha value is -2.24. The fraction of sp³-hybridized carbons (Fsp3) is 0.400. The van der Waals surface area contributed by atoms with Gasteiger partial charge in [0, 0.05) is 24.2 Å².